The van der Waals surface area contributed by atoms with Crippen LogP contribution in [0.3, 0.4) is 0 Å². The Bertz CT molecular complexity index is 730. The molecule has 0 bridgehead atoms. The quantitative estimate of drug-likeness (QED) is 0.896. The van der Waals surface area contributed by atoms with Crippen LogP contribution >= 0.6 is 0 Å². The summed E-state index contributed by atoms with van der Waals surface area (Å²) in [6, 6.07) is 11.3. The first-order valence-corrected chi connectivity index (χ1v) is 8.98. The van der Waals surface area contributed by atoms with Crippen LogP contribution in [0, 0.1) is 0 Å². The summed E-state index contributed by atoms with van der Waals surface area (Å²) in [7, 11) is 0. The first-order chi connectivity index (χ1) is 12.5. The predicted molar refractivity (Wildman–Crippen MR) is 100 cm³/mol. The fraction of sp³-hybridized carbons (Fsp3) is 0.400. The van der Waals surface area contributed by atoms with Gasteiger partial charge in [0.2, 0.25) is 5.91 Å². The van der Waals surface area contributed by atoms with Crippen molar-refractivity contribution in [2.75, 3.05) is 38.0 Å². The lowest BCUT2D eigenvalue weighted by Crippen LogP contribution is -2.50. The standard InChI is InChI=1S/C20H25N3O3/c1-15(2)16-5-7-17(8-6-16)21-19(24)14-22-9-11-23(12-10-22)20(25)18-4-3-13-26-18/h3-8,13,15H,9-12,14H2,1-2H3,(H,21,24). The minimum atomic E-state index is -0.0932. The maximum atomic E-state index is 12.3. The maximum absolute atomic E-state index is 12.3. The molecule has 1 aliphatic rings. The lowest BCUT2D eigenvalue weighted by molar-refractivity contribution is -0.117. The molecule has 2 amide bonds. The van der Waals surface area contributed by atoms with Crippen LogP contribution in [0.2, 0.25) is 0 Å². The molecular formula is C20H25N3O3. The fourth-order valence-corrected chi connectivity index (χ4v) is 3.02. The molecule has 2 heterocycles. The average Bonchev–Trinajstić information content (AvgIpc) is 3.17. The van der Waals surface area contributed by atoms with Gasteiger partial charge in [-0.15, -0.1) is 0 Å². The van der Waals surface area contributed by atoms with E-state index in [0.717, 1.165) is 5.69 Å². The van der Waals surface area contributed by atoms with E-state index in [2.05, 4.69) is 24.1 Å². The Kier molecular flexibility index (Phi) is 5.73. The minimum Gasteiger partial charge on any atom is -0.459 e. The van der Waals surface area contributed by atoms with Crippen molar-refractivity contribution in [2.45, 2.75) is 19.8 Å². The van der Waals surface area contributed by atoms with E-state index in [-0.39, 0.29) is 11.8 Å². The third-order valence-corrected chi connectivity index (χ3v) is 4.62. The van der Waals surface area contributed by atoms with Gasteiger partial charge in [-0.3, -0.25) is 14.5 Å². The molecular weight excluding hydrogens is 330 g/mol. The lowest BCUT2D eigenvalue weighted by atomic mass is 10.0. The molecule has 1 fully saturated rings. The number of anilines is 1. The SMILES string of the molecule is CC(C)c1ccc(NC(=O)CN2CCN(C(=O)c3ccco3)CC2)cc1. The second kappa shape index (κ2) is 8.19. The van der Waals surface area contributed by atoms with Gasteiger partial charge in [-0.25, -0.2) is 0 Å². The van der Waals surface area contributed by atoms with Crippen molar-refractivity contribution in [3.8, 4) is 0 Å². The molecule has 3 rings (SSSR count). The molecule has 1 N–H and O–H groups in total. The summed E-state index contributed by atoms with van der Waals surface area (Å²) in [5, 5.41) is 2.94. The summed E-state index contributed by atoms with van der Waals surface area (Å²) in [5.74, 6) is 0.707. The van der Waals surface area contributed by atoms with Gasteiger partial charge in [-0.2, -0.15) is 0 Å². The van der Waals surface area contributed by atoms with E-state index in [1.165, 1.54) is 11.8 Å². The van der Waals surface area contributed by atoms with Gasteiger partial charge in [0.1, 0.15) is 0 Å². The van der Waals surface area contributed by atoms with Crippen LogP contribution in [0.1, 0.15) is 35.9 Å². The molecule has 138 valence electrons. The Morgan fingerprint density at radius 3 is 2.35 bits per heavy atom. The van der Waals surface area contributed by atoms with Crippen LogP contribution in [-0.4, -0.2) is 54.3 Å². The first kappa shape index (κ1) is 18.2. The summed E-state index contributed by atoms with van der Waals surface area (Å²) >= 11 is 0. The number of piperazine rings is 1. The van der Waals surface area contributed by atoms with Crippen molar-refractivity contribution >= 4 is 17.5 Å². The molecule has 1 aromatic carbocycles. The summed E-state index contributed by atoms with van der Waals surface area (Å²) in [5.41, 5.74) is 2.06. The van der Waals surface area contributed by atoms with E-state index >= 15 is 0 Å². The molecule has 0 atom stereocenters. The number of benzene rings is 1. The van der Waals surface area contributed by atoms with Crippen LogP contribution in [0.4, 0.5) is 5.69 Å². The van der Waals surface area contributed by atoms with Gasteiger partial charge in [-0.05, 0) is 35.7 Å². The van der Waals surface area contributed by atoms with Crippen molar-refractivity contribution in [1.29, 1.82) is 0 Å². The number of hydrogen-bond donors (Lipinski definition) is 1. The van der Waals surface area contributed by atoms with Crippen LogP contribution in [0.15, 0.2) is 47.1 Å². The monoisotopic (exact) mass is 355 g/mol. The van der Waals surface area contributed by atoms with Gasteiger partial charge in [-0.1, -0.05) is 26.0 Å². The van der Waals surface area contributed by atoms with Gasteiger partial charge >= 0.3 is 0 Å². The number of rotatable bonds is 5. The zero-order valence-corrected chi connectivity index (χ0v) is 15.3. The topological polar surface area (TPSA) is 65.8 Å². The maximum Gasteiger partial charge on any atom is 0.289 e. The van der Waals surface area contributed by atoms with Gasteiger partial charge in [0, 0.05) is 31.9 Å². The average molecular weight is 355 g/mol. The molecule has 0 unspecified atom stereocenters. The first-order valence-electron chi connectivity index (χ1n) is 8.98. The third kappa shape index (κ3) is 4.52. The minimum absolute atomic E-state index is 0.0342. The van der Waals surface area contributed by atoms with Crippen LogP contribution in [0.5, 0.6) is 0 Å². The van der Waals surface area contributed by atoms with Crippen LogP contribution in [0.25, 0.3) is 0 Å². The second-order valence-corrected chi connectivity index (χ2v) is 6.87. The Labute approximate surface area is 153 Å². The highest BCUT2D eigenvalue weighted by Gasteiger charge is 2.24. The number of carbonyl (C=O) groups is 2. The zero-order valence-electron chi connectivity index (χ0n) is 15.3. The van der Waals surface area contributed by atoms with E-state index in [1.807, 2.05) is 24.3 Å². The van der Waals surface area contributed by atoms with Crippen molar-refractivity contribution in [3.05, 3.63) is 54.0 Å². The van der Waals surface area contributed by atoms with E-state index in [1.54, 1.807) is 17.0 Å². The summed E-state index contributed by atoms with van der Waals surface area (Å²) in [6.07, 6.45) is 1.50. The predicted octanol–water partition coefficient (Wildman–Crippen LogP) is 2.80. The largest absolute Gasteiger partial charge is 0.459 e. The van der Waals surface area contributed by atoms with Crippen LogP contribution < -0.4 is 5.32 Å². The Hall–Kier alpha value is -2.60. The molecule has 0 saturated carbocycles. The van der Waals surface area contributed by atoms with Crippen LogP contribution in [-0.2, 0) is 4.79 Å². The van der Waals surface area contributed by atoms with Gasteiger partial charge in [0.05, 0.1) is 12.8 Å². The number of nitrogens with one attached hydrogen (secondary N) is 1. The second-order valence-electron chi connectivity index (χ2n) is 6.87. The van der Waals surface area contributed by atoms with E-state index < -0.39 is 0 Å². The Morgan fingerprint density at radius 1 is 1.08 bits per heavy atom. The van der Waals surface area contributed by atoms with Gasteiger partial charge in [0.25, 0.3) is 5.91 Å². The number of nitrogens with zero attached hydrogens (tertiary/aromatic N) is 2. The lowest BCUT2D eigenvalue weighted by Gasteiger charge is -2.33. The number of carbonyl (C=O) groups excluding carboxylic acids is 2. The normalized spacial score (nSPS) is 15.3. The summed E-state index contributed by atoms with van der Waals surface area (Å²) in [6.45, 7) is 7.15. The zero-order chi connectivity index (χ0) is 18.5. The molecule has 0 radical (unpaired) electrons. The highest BCUT2D eigenvalue weighted by molar-refractivity contribution is 5.92. The number of hydrogen-bond acceptors (Lipinski definition) is 4. The number of furan rings is 1. The third-order valence-electron chi connectivity index (χ3n) is 4.62. The molecule has 6 nitrogen and oxygen atoms in total. The van der Waals surface area contributed by atoms with E-state index in [4.69, 9.17) is 4.42 Å². The fourth-order valence-electron chi connectivity index (χ4n) is 3.02. The molecule has 0 aliphatic carbocycles. The smallest absolute Gasteiger partial charge is 0.289 e. The van der Waals surface area contributed by atoms with Crippen molar-refractivity contribution in [1.82, 2.24) is 9.80 Å². The molecule has 26 heavy (non-hydrogen) atoms. The van der Waals surface area contributed by atoms with E-state index in [9.17, 15) is 9.59 Å². The van der Waals surface area contributed by atoms with Crippen molar-refractivity contribution < 1.29 is 14.0 Å². The Morgan fingerprint density at radius 2 is 1.77 bits per heavy atom. The summed E-state index contributed by atoms with van der Waals surface area (Å²) in [4.78, 5) is 28.3. The summed E-state index contributed by atoms with van der Waals surface area (Å²) < 4.78 is 5.16. The molecule has 6 heteroatoms. The van der Waals surface area contributed by atoms with Crippen molar-refractivity contribution in [3.63, 3.8) is 0 Å². The molecule has 0 spiro atoms. The highest BCUT2D eigenvalue weighted by Crippen LogP contribution is 2.17. The van der Waals surface area contributed by atoms with E-state index in [0.29, 0.717) is 44.4 Å². The molecule has 1 aromatic heterocycles. The van der Waals surface area contributed by atoms with Crippen molar-refractivity contribution in [2.24, 2.45) is 0 Å². The van der Waals surface area contributed by atoms with Gasteiger partial charge < -0.3 is 14.6 Å². The molecule has 1 saturated heterocycles. The highest BCUT2D eigenvalue weighted by atomic mass is 16.3. The Balaban J connectivity index is 1.45. The molecule has 2 aromatic rings. The molecule has 1 aliphatic heterocycles. The van der Waals surface area contributed by atoms with Gasteiger partial charge in [0.15, 0.2) is 5.76 Å². The number of amides is 2.